The molecule has 0 saturated carbocycles. The summed E-state index contributed by atoms with van der Waals surface area (Å²) in [6.07, 6.45) is 2.51. The largest absolute Gasteiger partial charge is 0.273 e. The van der Waals surface area contributed by atoms with E-state index < -0.39 is 0 Å². The summed E-state index contributed by atoms with van der Waals surface area (Å²) in [4.78, 5) is 0. The minimum atomic E-state index is 0.721. The lowest BCUT2D eigenvalue weighted by molar-refractivity contribution is 0.898. The molecule has 0 bridgehead atoms. The maximum absolute atomic E-state index is 6.72. The fraction of sp³-hybridized carbons (Fsp3) is 1.00. The maximum atomic E-state index is 6.72. The van der Waals surface area contributed by atoms with Crippen molar-refractivity contribution in [2.24, 2.45) is 0 Å². The molecule has 0 fully saturated rings. The van der Waals surface area contributed by atoms with Crippen molar-refractivity contribution in [2.75, 3.05) is 5.75 Å². The predicted octanol–water partition coefficient (Wildman–Crippen LogP) is 2.01. The van der Waals surface area contributed by atoms with Gasteiger partial charge in [-0.05, 0) is 6.42 Å². The van der Waals surface area contributed by atoms with Gasteiger partial charge < -0.3 is 0 Å². The SMILES string of the molecule is CCCCS[SH]=N. The third kappa shape index (κ3) is 6.50. The monoisotopic (exact) mass is 137 g/mol. The molecule has 3 heteroatoms. The van der Waals surface area contributed by atoms with E-state index in [9.17, 15) is 0 Å². The van der Waals surface area contributed by atoms with Crippen molar-refractivity contribution in [3.63, 3.8) is 0 Å². The van der Waals surface area contributed by atoms with Gasteiger partial charge in [0.05, 0.1) is 0 Å². The van der Waals surface area contributed by atoms with Gasteiger partial charge in [0.15, 0.2) is 0 Å². The Morgan fingerprint density at radius 1 is 1.71 bits per heavy atom. The average molecular weight is 137 g/mol. The van der Waals surface area contributed by atoms with Crippen molar-refractivity contribution in [3.8, 4) is 0 Å². The first-order valence-corrected chi connectivity index (χ1v) is 4.89. The molecule has 0 atom stereocenters. The molecule has 0 aliphatic heterocycles. The van der Waals surface area contributed by atoms with Crippen LogP contribution in [0.5, 0.6) is 0 Å². The van der Waals surface area contributed by atoms with Crippen molar-refractivity contribution >= 4 is 21.4 Å². The van der Waals surface area contributed by atoms with Crippen LogP contribution in [0.2, 0.25) is 0 Å². The van der Waals surface area contributed by atoms with Crippen molar-refractivity contribution in [2.45, 2.75) is 19.8 Å². The van der Waals surface area contributed by atoms with Crippen molar-refractivity contribution < 1.29 is 0 Å². The maximum Gasteiger partial charge on any atom is 0.00431 e. The topological polar surface area (TPSA) is 23.9 Å². The van der Waals surface area contributed by atoms with E-state index >= 15 is 0 Å². The van der Waals surface area contributed by atoms with Crippen LogP contribution < -0.4 is 0 Å². The number of thiol groups is 1. The molecule has 7 heavy (non-hydrogen) atoms. The highest BCUT2D eigenvalue weighted by molar-refractivity contribution is 8.62. The van der Waals surface area contributed by atoms with Gasteiger partial charge in [-0.3, -0.25) is 4.78 Å². The zero-order chi connectivity index (χ0) is 5.54. The van der Waals surface area contributed by atoms with Gasteiger partial charge in [-0.1, -0.05) is 34.7 Å². The number of nitrogens with one attached hydrogen (secondary N) is 1. The normalized spacial score (nSPS) is 9.29. The molecule has 0 aliphatic carbocycles. The zero-order valence-corrected chi connectivity index (χ0v) is 6.19. The summed E-state index contributed by atoms with van der Waals surface area (Å²) in [5.74, 6) is 1.15. The molecule has 0 amide bonds. The number of unbranched alkanes of at least 4 members (excludes halogenated alkanes) is 1. The van der Waals surface area contributed by atoms with Gasteiger partial charge in [-0.15, -0.1) is 0 Å². The molecule has 0 saturated heterocycles. The zero-order valence-electron chi connectivity index (χ0n) is 4.48. The Morgan fingerprint density at radius 2 is 2.43 bits per heavy atom. The molecule has 0 unspecified atom stereocenters. The van der Waals surface area contributed by atoms with E-state index in [4.69, 9.17) is 4.78 Å². The molecule has 1 nitrogen and oxygen atoms in total. The summed E-state index contributed by atoms with van der Waals surface area (Å²) < 4.78 is 6.72. The van der Waals surface area contributed by atoms with Crippen LogP contribution in [0.25, 0.3) is 0 Å². The minimum Gasteiger partial charge on any atom is -0.273 e. The minimum absolute atomic E-state index is 0.721. The lowest BCUT2D eigenvalue weighted by Gasteiger charge is -1.87. The summed E-state index contributed by atoms with van der Waals surface area (Å²) in [6, 6.07) is 0. The summed E-state index contributed by atoms with van der Waals surface area (Å²) in [6.45, 7) is 2.17. The molecule has 0 aromatic carbocycles. The summed E-state index contributed by atoms with van der Waals surface area (Å²) in [5, 5.41) is 0. The number of rotatable bonds is 4. The van der Waals surface area contributed by atoms with Crippen molar-refractivity contribution in [1.82, 2.24) is 0 Å². The smallest absolute Gasteiger partial charge is 0.00431 e. The molecular weight excluding hydrogens is 126 g/mol. The van der Waals surface area contributed by atoms with Crippen molar-refractivity contribution in [1.29, 1.82) is 4.78 Å². The van der Waals surface area contributed by atoms with Crippen molar-refractivity contribution in [3.05, 3.63) is 0 Å². The van der Waals surface area contributed by atoms with Crippen LogP contribution in [0.4, 0.5) is 0 Å². The molecule has 0 aromatic rings. The molecule has 0 heterocycles. The van der Waals surface area contributed by atoms with E-state index in [0.29, 0.717) is 0 Å². The van der Waals surface area contributed by atoms with Crippen LogP contribution in [0.3, 0.4) is 0 Å². The van der Waals surface area contributed by atoms with Gasteiger partial charge in [-0.25, -0.2) is 0 Å². The third-order valence-electron chi connectivity index (χ3n) is 0.654. The Kier molecular flexibility index (Phi) is 6.96. The second kappa shape index (κ2) is 6.50. The van der Waals surface area contributed by atoms with Gasteiger partial charge in [0.1, 0.15) is 0 Å². The second-order valence-electron chi connectivity index (χ2n) is 1.28. The van der Waals surface area contributed by atoms with Crippen LogP contribution in [-0.4, -0.2) is 5.75 Å². The average Bonchev–Trinajstić information content (AvgIpc) is 1.69. The number of hydrogen-bond donors (Lipinski definition) is 2. The highest BCUT2D eigenvalue weighted by Gasteiger charge is 1.78. The van der Waals surface area contributed by atoms with E-state index in [1.54, 1.807) is 10.8 Å². The molecule has 0 aliphatic rings. The van der Waals surface area contributed by atoms with Crippen LogP contribution in [0, 0.1) is 4.78 Å². The van der Waals surface area contributed by atoms with E-state index in [1.165, 1.54) is 12.8 Å². The van der Waals surface area contributed by atoms with Crippen LogP contribution in [-0.2, 0) is 10.6 Å². The standard InChI is InChI=1S/C4H11NS2/c1-2-3-4-6-7-5/h5,7H,2-4H2,1H3. The summed E-state index contributed by atoms with van der Waals surface area (Å²) >= 11 is 0. The Balaban J connectivity index is 2.56. The van der Waals surface area contributed by atoms with E-state index in [2.05, 4.69) is 6.92 Å². The fourth-order valence-corrected chi connectivity index (χ4v) is 1.42. The van der Waals surface area contributed by atoms with Crippen LogP contribution in [0.1, 0.15) is 19.8 Å². The predicted molar refractivity (Wildman–Crippen MR) is 38.8 cm³/mol. The van der Waals surface area contributed by atoms with E-state index in [1.807, 2.05) is 0 Å². The second-order valence-corrected chi connectivity index (χ2v) is 3.45. The Hall–Kier alpha value is 0.500. The molecule has 0 spiro atoms. The first-order chi connectivity index (χ1) is 3.41. The summed E-state index contributed by atoms with van der Waals surface area (Å²) in [7, 11) is 2.39. The van der Waals surface area contributed by atoms with Gasteiger partial charge >= 0.3 is 0 Å². The Morgan fingerprint density at radius 3 is 2.86 bits per heavy atom. The Labute approximate surface area is 52.2 Å². The number of hydrogen-bond acceptors (Lipinski definition) is 2. The molecular formula is C4H11NS2. The van der Waals surface area contributed by atoms with Crippen LogP contribution >= 0.6 is 10.8 Å². The first kappa shape index (κ1) is 7.50. The fourth-order valence-electron chi connectivity index (χ4n) is 0.255. The third-order valence-corrected chi connectivity index (χ3v) is 2.19. The molecule has 44 valence electrons. The molecule has 0 rings (SSSR count). The van der Waals surface area contributed by atoms with Gasteiger partial charge in [0, 0.05) is 5.75 Å². The quantitative estimate of drug-likeness (QED) is 0.346. The lowest BCUT2D eigenvalue weighted by Crippen LogP contribution is -1.71. The molecule has 1 N–H and O–H groups in total. The lowest BCUT2D eigenvalue weighted by atomic mass is 10.4. The van der Waals surface area contributed by atoms with Gasteiger partial charge in [0.25, 0.3) is 0 Å². The van der Waals surface area contributed by atoms with E-state index in [0.717, 1.165) is 16.3 Å². The highest BCUT2D eigenvalue weighted by atomic mass is 33.1. The molecule has 0 aromatic heterocycles. The van der Waals surface area contributed by atoms with E-state index in [-0.39, 0.29) is 0 Å². The van der Waals surface area contributed by atoms with Gasteiger partial charge in [-0.2, -0.15) is 0 Å². The van der Waals surface area contributed by atoms with Gasteiger partial charge in [0.2, 0.25) is 0 Å². The summed E-state index contributed by atoms with van der Waals surface area (Å²) in [5.41, 5.74) is 0. The first-order valence-electron chi connectivity index (χ1n) is 2.40. The molecule has 0 radical (unpaired) electrons. The van der Waals surface area contributed by atoms with Crippen LogP contribution in [0.15, 0.2) is 0 Å². The Bertz CT molecular complexity index is 47.0. The highest BCUT2D eigenvalue weighted by Crippen LogP contribution is 2.00.